The van der Waals surface area contributed by atoms with Gasteiger partial charge in [-0.15, -0.1) is 0 Å². The maximum Gasteiger partial charge on any atom is 0.291 e. The van der Waals surface area contributed by atoms with Crippen LogP contribution in [-0.4, -0.2) is 15.7 Å². The summed E-state index contributed by atoms with van der Waals surface area (Å²) in [5, 5.41) is 11.6. The van der Waals surface area contributed by atoms with Crippen LogP contribution < -0.4 is 5.43 Å². The molecule has 3 heterocycles. The van der Waals surface area contributed by atoms with Crippen LogP contribution in [0.25, 0.3) is 11.0 Å². The van der Waals surface area contributed by atoms with E-state index in [1.54, 1.807) is 36.4 Å². The Morgan fingerprint density at radius 2 is 1.94 bits per heavy atom. The van der Waals surface area contributed by atoms with E-state index >= 15 is 0 Å². The van der Waals surface area contributed by atoms with Gasteiger partial charge in [0.2, 0.25) is 5.76 Å². The summed E-state index contributed by atoms with van der Waals surface area (Å²) in [5.74, 6) is -0.0379. The Hall–Kier alpha value is -3.72. The predicted octanol–water partition coefficient (Wildman–Crippen LogP) is 4.80. The van der Waals surface area contributed by atoms with Gasteiger partial charge < -0.3 is 13.7 Å². The third kappa shape index (κ3) is 3.14. The highest BCUT2D eigenvalue weighted by molar-refractivity contribution is 9.10. The highest BCUT2D eigenvalue weighted by atomic mass is 79.9. The van der Waals surface area contributed by atoms with E-state index in [0.717, 1.165) is 0 Å². The lowest BCUT2D eigenvalue weighted by molar-refractivity contribution is -0.384. The van der Waals surface area contributed by atoms with Crippen LogP contribution in [0.5, 0.6) is 0 Å². The molecule has 0 bridgehead atoms. The number of hydrogen-bond acceptors (Lipinski definition) is 6. The number of nitro groups is 1. The van der Waals surface area contributed by atoms with E-state index in [0.29, 0.717) is 21.2 Å². The molecule has 2 aromatic heterocycles. The van der Waals surface area contributed by atoms with Gasteiger partial charge in [0.25, 0.3) is 11.6 Å². The average Bonchev–Trinajstić information content (AvgIpc) is 3.36. The molecule has 0 fully saturated rings. The number of rotatable bonds is 4. The van der Waals surface area contributed by atoms with Gasteiger partial charge in [0, 0.05) is 16.6 Å². The Balaban J connectivity index is 1.76. The Morgan fingerprint density at radius 3 is 2.68 bits per heavy atom. The second kappa shape index (κ2) is 7.21. The van der Waals surface area contributed by atoms with Gasteiger partial charge in [-0.3, -0.25) is 19.7 Å². The lowest BCUT2D eigenvalue weighted by atomic mass is 9.98. The largest absolute Gasteiger partial charge is 0.467 e. The number of non-ortho nitro benzene ring substituents is 1. The van der Waals surface area contributed by atoms with Crippen LogP contribution in [0.3, 0.4) is 0 Å². The molecule has 31 heavy (non-hydrogen) atoms. The summed E-state index contributed by atoms with van der Waals surface area (Å²) in [4.78, 5) is 39.0. The fraction of sp³-hybridized carbons (Fsp3) is 0.0909. The molecule has 2 aromatic carbocycles. The average molecular weight is 481 g/mol. The first-order chi connectivity index (χ1) is 14.9. The second-order valence-electron chi connectivity index (χ2n) is 7.08. The number of furan rings is 1. The molecule has 0 aliphatic carbocycles. The Kier molecular flexibility index (Phi) is 4.48. The molecule has 0 saturated carbocycles. The molecule has 0 N–H and O–H groups in total. The van der Waals surface area contributed by atoms with Crippen LogP contribution in [-0.2, 0) is 6.54 Å². The van der Waals surface area contributed by atoms with E-state index in [1.165, 1.54) is 29.4 Å². The van der Waals surface area contributed by atoms with Crippen molar-refractivity contribution in [3.8, 4) is 0 Å². The minimum Gasteiger partial charge on any atom is -0.467 e. The summed E-state index contributed by atoms with van der Waals surface area (Å²) in [6.45, 7) is 0.0723. The van der Waals surface area contributed by atoms with Gasteiger partial charge >= 0.3 is 0 Å². The quantitative estimate of drug-likeness (QED) is 0.306. The van der Waals surface area contributed by atoms with Crippen molar-refractivity contribution >= 4 is 38.5 Å². The van der Waals surface area contributed by atoms with Crippen molar-refractivity contribution in [3.63, 3.8) is 0 Å². The minimum atomic E-state index is -0.855. The first-order valence-corrected chi connectivity index (χ1v) is 10.1. The first kappa shape index (κ1) is 19.3. The number of fused-ring (bicyclic) bond motifs is 2. The molecule has 1 aliphatic heterocycles. The van der Waals surface area contributed by atoms with Crippen molar-refractivity contribution in [2.75, 3.05) is 0 Å². The normalized spacial score (nSPS) is 15.5. The van der Waals surface area contributed by atoms with Crippen molar-refractivity contribution in [2.45, 2.75) is 12.6 Å². The molecule has 5 rings (SSSR count). The fourth-order valence-electron chi connectivity index (χ4n) is 3.88. The molecular formula is C22H13BrN2O6. The summed E-state index contributed by atoms with van der Waals surface area (Å²) in [6, 6.07) is 13.4. The standard InChI is InChI=1S/C22H13BrN2O6/c23-13-6-7-17-16(10-13)20(26)18-19(12-3-1-4-14(9-12)25(28)29)24(22(27)21(18)31-17)11-15-5-2-8-30-15/h1-10,19H,11H2/t19-/m1/s1. The highest BCUT2D eigenvalue weighted by Gasteiger charge is 2.43. The Labute approximate surface area is 183 Å². The number of halogens is 1. The Bertz CT molecular complexity index is 1410. The van der Waals surface area contributed by atoms with Gasteiger partial charge in [0.15, 0.2) is 5.43 Å². The van der Waals surface area contributed by atoms with Crippen LogP contribution in [0, 0.1) is 10.1 Å². The lowest BCUT2D eigenvalue weighted by Gasteiger charge is -2.24. The number of carbonyl (C=O) groups excluding carboxylic acids is 1. The number of benzene rings is 2. The van der Waals surface area contributed by atoms with Crippen LogP contribution >= 0.6 is 15.9 Å². The molecule has 4 aromatic rings. The van der Waals surface area contributed by atoms with Crippen LogP contribution in [0.2, 0.25) is 0 Å². The van der Waals surface area contributed by atoms with Gasteiger partial charge in [-0.05, 0) is 35.9 Å². The zero-order chi connectivity index (χ0) is 21.7. The summed E-state index contributed by atoms with van der Waals surface area (Å²) < 4.78 is 11.9. The van der Waals surface area contributed by atoms with E-state index < -0.39 is 16.9 Å². The molecule has 0 spiro atoms. The topological polar surface area (TPSA) is 107 Å². The zero-order valence-corrected chi connectivity index (χ0v) is 17.4. The van der Waals surface area contributed by atoms with Crippen molar-refractivity contribution in [3.05, 3.63) is 108 Å². The van der Waals surface area contributed by atoms with Crippen molar-refractivity contribution < 1.29 is 18.6 Å². The van der Waals surface area contributed by atoms with Gasteiger partial charge in [-0.2, -0.15) is 0 Å². The monoisotopic (exact) mass is 480 g/mol. The van der Waals surface area contributed by atoms with E-state index in [4.69, 9.17) is 8.83 Å². The highest BCUT2D eigenvalue weighted by Crippen LogP contribution is 2.40. The number of nitro benzene ring substituents is 1. The third-order valence-electron chi connectivity index (χ3n) is 5.23. The van der Waals surface area contributed by atoms with E-state index in [-0.39, 0.29) is 34.6 Å². The lowest BCUT2D eigenvalue weighted by Crippen LogP contribution is -2.29. The van der Waals surface area contributed by atoms with E-state index in [1.807, 2.05) is 0 Å². The fourth-order valence-corrected chi connectivity index (χ4v) is 4.24. The minimum absolute atomic E-state index is 0.0668. The molecule has 0 radical (unpaired) electrons. The summed E-state index contributed by atoms with van der Waals surface area (Å²) >= 11 is 3.35. The molecule has 1 atom stereocenters. The molecule has 154 valence electrons. The van der Waals surface area contributed by atoms with Crippen LogP contribution in [0.15, 0.2) is 79.0 Å². The summed E-state index contributed by atoms with van der Waals surface area (Å²) in [7, 11) is 0. The third-order valence-corrected chi connectivity index (χ3v) is 5.72. The molecule has 9 heteroatoms. The van der Waals surface area contributed by atoms with Crippen LogP contribution in [0.4, 0.5) is 5.69 Å². The number of carbonyl (C=O) groups is 1. The maximum atomic E-state index is 13.5. The molecular weight excluding hydrogens is 468 g/mol. The number of amides is 1. The van der Waals surface area contributed by atoms with E-state index in [9.17, 15) is 19.7 Å². The number of hydrogen-bond donors (Lipinski definition) is 0. The van der Waals surface area contributed by atoms with Crippen molar-refractivity contribution in [2.24, 2.45) is 0 Å². The van der Waals surface area contributed by atoms with Gasteiger partial charge in [-0.1, -0.05) is 28.1 Å². The van der Waals surface area contributed by atoms with Crippen molar-refractivity contribution in [1.29, 1.82) is 0 Å². The SMILES string of the molecule is O=C1c2oc3ccc(Br)cc3c(=O)c2[C@@H](c2cccc([N+](=O)[O-])c2)N1Cc1ccco1. The van der Waals surface area contributed by atoms with Crippen molar-refractivity contribution in [1.82, 2.24) is 4.90 Å². The first-order valence-electron chi connectivity index (χ1n) is 9.28. The molecule has 1 amide bonds. The van der Waals surface area contributed by atoms with Crippen LogP contribution in [0.1, 0.15) is 33.5 Å². The van der Waals surface area contributed by atoms with Gasteiger partial charge in [0.05, 0.1) is 34.7 Å². The zero-order valence-electron chi connectivity index (χ0n) is 15.8. The summed E-state index contributed by atoms with van der Waals surface area (Å²) in [6.07, 6.45) is 1.49. The molecule has 1 aliphatic rings. The van der Waals surface area contributed by atoms with Gasteiger partial charge in [-0.25, -0.2) is 0 Å². The second-order valence-corrected chi connectivity index (χ2v) is 8.00. The smallest absolute Gasteiger partial charge is 0.291 e. The summed E-state index contributed by atoms with van der Waals surface area (Å²) in [5.41, 5.74) is 0.392. The molecule has 0 saturated heterocycles. The Morgan fingerprint density at radius 1 is 1.10 bits per heavy atom. The van der Waals surface area contributed by atoms with Gasteiger partial charge in [0.1, 0.15) is 11.3 Å². The molecule has 0 unspecified atom stereocenters. The maximum absolute atomic E-state index is 13.5. The van der Waals surface area contributed by atoms with E-state index in [2.05, 4.69) is 15.9 Å². The molecule has 8 nitrogen and oxygen atoms in total. The number of nitrogens with zero attached hydrogens (tertiary/aromatic N) is 2. The predicted molar refractivity (Wildman–Crippen MR) is 114 cm³/mol.